The topological polar surface area (TPSA) is 44.1 Å². The van der Waals surface area contributed by atoms with Crippen LogP contribution in [0.25, 0.3) is 0 Å². The highest BCUT2D eigenvalue weighted by molar-refractivity contribution is 6.29. The summed E-state index contributed by atoms with van der Waals surface area (Å²) in [6, 6.07) is 7.89. The molecule has 3 rings (SSSR count). The number of rotatable bonds is 2. The summed E-state index contributed by atoms with van der Waals surface area (Å²) in [7, 11) is 0. The van der Waals surface area contributed by atoms with Crippen molar-refractivity contribution in [3.63, 3.8) is 0 Å². The van der Waals surface area contributed by atoms with Crippen LogP contribution >= 0.6 is 11.6 Å². The summed E-state index contributed by atoms with van der Waals surface area (Å²) in [5, 5.41) is 0.00435. The first-order chi connectivity index (χ1) is 8.75. The minimum absolute atomic E-state index is 0.00435. The molecule has 4 nitrogen and oxygen atoms in total. The Hall–Kier alpha value is -1.81. The van der Waals surface area contributed by atoms with Crippen molar-refractivity contribution < 1.29 is 4.74 Å². The maximum Gasteiger partial charge on any atom is 0.288 e. The zero-order valence-corrected chi connectivity index (χ0v) is 10.3. The first kappa shape index (κ1) is 11.3. The number of para-hydroxylation sites is 1. The lowest BCUT2D eigenvalue weighted by Crippen LogP contribution is -2.24. The third-order valence-corrected chi connectivity index (χ3v) is 3.35. The van der Waals surface area contributed by atoms with Gasteiger partial charge in [-0.05, 0) is 6.07 Å². The van der Waals surface area contributed by atoms with Crippen molar-refractivity contribution in [2.24, 2.45) is 0 Å². The van der Waals surface area contributed by atoms with Gasteiger partial charge in [0.05, 0.1) is 6.61 Å². The predicted octanol–water partition coefficient (Wildman–Crippen LogP) is 2.07. The van der Waals surface area contributed by atoms with Crippen molar-refractivity contribution in [1.82, 2.24) is 9.55 Å². The summed E-state index contributed by atoms with van der Waals surface area (Å²) >= 11 is 5.72. The predicted molar refractivity (Wildman–Crippen MR) is 68.2 cm³/mol. The van der Waals surface area contributed by atoms with Crippen molar-refractivity contribution in [2.45, 2.75) is 12.5 Å². The molecule has 2 heterocycles. The second kappa shape index (κ2) is 4.46. The van der Waals surface area contributed by atoms with Crippen LogP contribution in [0.5, 0.6) is 5.75 Å². The summed E-state index contributed by atoms with van der Waals surface area (Å²) in [5.74, 6) is 1.08. The molecular formula is C13H11ClN2O2. The molecule has 0 fully saturated rings. The molecule has 0 N–H and O–H groups in total. The highest BCUT2D eigenvalue weighted by atomic mass is 35.5. The van der Waals surface area contributed by atoms with E-state index in [2.05, 4.69) is 4.98 Å². The van der Waals surface area contributed by atoms with Crippen LogP contribution in [0.3, 0.4) is 0 Å². The molecule has 1 aromatic heterocycles. The van der Waals surface area contributed by atoms with Crippen LogP contribution in [0.15, 0.2) is 41.5 Å². The van der Waals surface area contributed by atoms with Gasteiger partial charge in [0.1, 0.15) is 5.75 Å². The molecule has 1 unspecified atom stereocenters. The summed E-state index contributed by atoms with van der Waals surface area (Å²) in [6.45, 7) is 1.14. The zero-order valence-electron chi connectivity index (χ0n) is 9.54. The quantitative estimate of drug-likeness (QED) is 0.832. The van der Waals surface area contributed by atoms with E-state index in [0.717, 1.165) is 11.3 Å². The van der Waals surface area contributed by atoms with Crippen LogP contribution in [0.2, 0.25) is 5.15 Å². The van der Waals surface area contributed by atoms with Gasteiger partial charge in [0.15, 0.2) is 5.15 Å². The number of fused-ring (bicyclic) bond motifs is 1. The highest BCUT2D eigenvalue weighted by Gasteiger charge is 2.24. The molecule has 1 aliphatic heterocycles. The van der Waals surface area contributed by atoms with Crippen molar-refractivity contribution in [2.75, 3.05) is 6.61 Å². The van der Waals surface area contributed by atoms with E-state index in [4.69, 9.17) is 16.3 Å². The Morgan fingerprint density at radius 2 is 2.28 bits per heavy atom. The molecule has 0 spiro atoms. The monoisotopic (exact) mass is 262 g/mol. The van der Waals surface area contributed by atoms with Gasteiger partial charge in [0.2, 0.25) is 0 Å². The molecule has 92 valence electrons. The van der Waals surface area contributed by atoms with Gasteiger partial charge in [-0.1, -0.05) is 29.8 Å². The van der Waals surface area contributed by atoms with E-state index in [1.54, 1.807) is 10.8 Å². The molecule has 1 aliphatic rings. The third-order valence-electron chi connectivity index (χ3n) is 3.09. The van der Waals surface area contributed by atoms with Crippen molar-refractivity contribution >= 4 is 11.6 Å². The molecule has 18 heavy (non-hydrogen) atoms. The third kappa shape index (κ3) is 1.88. The Balaban J connectivity index is 1.91. The summed E-state index contributed by atoms with van der Waals surface area (Å²) in [5.41, 5.74) is 0.876. The molecule has 5 heteroatoms. The largest absolute Gasteiger partial charge is 0.493 e. The molecule has 0 radical (unpaired) electrons. The molecule has 0 saturated heterocycles. The number of hydrogen-bond acceptors (Lipinski definition) is 3. The summed E-state index contributed by atoms with van der Waals surface area (Å²) < 4.78 is 7.16. The zero-order chi connectivity index (χ0) is 12.5. The van der Waals surface area contributed by atoms with Gasteiger partial charge < -0.3 is 9.30 Å². The Bertz CT molecular complexity index is 639. The number of nitrogens with zero attached hydrogens (tertiary/aromatic N) is 2. The van der Waals surface area contributed by atoms with Crippen molar-refractivity contribution in [3.8, 4) is 5.75 Å². The molecule has 0 bridgehead atoms. The molecule has 1 atom stereocenters. The van der Waals surface area contributed by atoms with Crippen molar-refractivity contribution in [3.05, 3.63) is 57.7 Å². The maximum atomic E-state index is 11.8. The van der Waals surface area contributed by atoms with E-state index in [0.29, 0.717) is 13.2 Å². The fourth-order valence-electron chi connectivity index (χ4n) is 2.18. The minimum Gasteiger partial charge on any atom is -0.493 e. The molecule has 0 saturated carbocycles. The lowest BCUT2D eigenvalue weighted by molar-refractivity contribution is 0.318. The number of hydrogen-bond donors (Lipinski definition) is 0. The highest BCUT2D eigenvalue weighted by Crippen LogP contribution is 2.34. The molecule has 0 aliphatic carbocycles. The van der Waals surface area contributed by atoms with Gasteiger partial charge in [0, 0.05) is 30.4 Å². The molecule has 2 aromatic rings. The van der Waals surface area contributed by atoms with Crippen LogP contribution in [-0.2, 0) is 6.54 Å². The van der Waals surface area contributed by atoms with Gasteiger partial charge in [0.25, 0.3) is 5.56 Å². The first-order valence-corrected chi connectivity index (χ1v) is 6.06. The number of ether oxygens (including phenoxy) is 1. The van der Waals surface area contributed by atoms with E-state index in [9.17, 15) is 4.79 Å². The average Bonchev–Trinajstić information content (AvgIpc) is 2.79. The maximum absolute atomic E-state index is 11.8. The molecule has 0 amide bonds. The summed E-state index contributed by atoms with van der Waals surface area (Å²) in [4.78, 5) is 15.6. The van der Waals surface area contributed by atoms with Gasteiger partial charge in [-0.2, -0.15) is 0 Å². The minimum atomic E-state index is -0.261. The number of halogens is 1. The average molecular weight is 263 g/mol. The SMILES string of the molecule is O=c1c(Cl)nccn1CC1COc2ccccc21. The first-order valence-electron chi connectivity index (χ1n) is 5.68. The van der Waals surface area contributed by atoms with Crippen molar-refractivity contribution in [1.29, 1.82) is 0 Å². The Morgan fingerprint density at radius 1 is 1.44 bits per heavy atom. The lowest BCUT2D eigenvalue weighted by Gasteiger charge is -2.11. The Morgan fingerprint density at radius 3 is 3.17 bits per heavy atom. The molecular weight excluding hydrogens is 252 g/mol. The number of benzene rings is 1. The fraction of sp³-hybridized carbons (Fsp3) is 0.231. The Kier molecular flexibility index (Phi) is 2.80. The van der Waals surface area contributed by atoms with Gasteiger partial charge in [-0.15, -0.1) is 0 Å². The van der Waals surface area contributed by atoms with Crippen LogP contribution in [0, 0.1) is 0 Å². The second-order valence-electron chi connectivity index (χ2n) is 4.22. The second-order valence-corrected chi connectivity index (χ2v) is 4.58. The van der Waals surface area contributed by atoms with Crippen LogP contribution in [-0.4, -0.2) is 16.2 Å². The van der Waals surface area contributed by atoms with Gasteiger partial charge in [-0.3, -0.25) is 4.79 Å². The van der Waals surface area contributed by atoms with E-state index < -0.39 is 0 Å². The van der Waals surface area contributed by atoms with E-state index in [1.807, 2.05) is 24.3 Å². The van der Waals surface area contributed by atoms with E-state index >= 15 is 0 Å². The van der Waals surface area contributed by atoms with Crippen LogP contribution in [0.4, 0.5) is 0 Å². The van der Waals surface area contributed by atoms with Crippen LogP contribution < -0.4 is 10.3 Å². The fourth-order valence-corrected chi connectivity index (χ4v) is 2.35. The van der Waals surface area contributed by atoms with E-state index in [1.165, 1.54) is 6.20 Å². The Labute approximate surface area is 109 Å². The van der Waals surface area contributed by atoms with Crippen LogP contribution in [0.1, 0.15) is 11.5 Å². The van der Waals surface area contributed by atoms with Gasteiger partial charge >= 0.3 is 0 Å². The standard InChI is InChI=1S/C13H11ClN2O2/c14-12-13(17)16(6-5-15-12)7-9-8-18-11-4-2-1-3-10(9)11/h1-6,9H,7-8H2. The molecule has 1 aromatic carbocycles. The lowest BCUT2D eigenvalue weighted by atomic mass is 10.0. The normalized spacial score (nSPS) is 17.3. The number of aromatic nitrogens is 2. The summed E-state index contributed by atoms with van der Waals surface area (Å²) in [6.07, 6.45) is 3.18. The van der Waals surface area contributed by atoms with E-state index in [-0.39, 0.29) is 16.6 Å². The van der Waals surface area contributed by atoms with Gasteiger partial charge in [-0.25, -0.2) is 4.98 Å². The smallest absolute Gasteiger partial charge is 0.288 e.